The molecule has 0 aliphatic heterocycles. The number of hydrogen-bond acceptors (Lipinski definition) is 3. The Bertz CT molecular complexity index is 609. The predicted molar refractivity (Wildman–Crippen MR) is 79.6 cm³/mol. The van der Waals surface area contributed by atoms with Gasteiger partial charge in [0.2, 0.25) is 0 Å². The van der Waals surface area contributed by atoms with Crippen LogP contribution in [0.1, 0.15) is 29.9 Å². The van der Waals surface area contributed by atoms with Crippen molar-refractivity contribution in [3.8, 4) is 0 Å². The molecule has 2 N–H and O–H groups in total. The second kappa shape index (κ2) is 6.33. The van der Waals surface area contributed by atoms with E-state index >= 15 is 0 Å². The molecular formula is C15H18FNO2S. The summed E-state index contributed by atoms with van der Waals surface area (Å²) < 4.78 is 13.9. The Morgan fingerprint density at radius 3 is 2.80 bits per heavy atom. The maximum atomic E-state index is 13.1. The van der Waals surface area contributed by atoms with Gasteiger partial charge >= 0.3 is 0 Å². The quantitative estimate of drug-likeness (QED) is 0.890. The van der Waals surface area contributed by atoms with E-state index in [2.05, 4.69) is 5.32 Å². The number of nitrogens with one attached hydrogen (secondary N) is 1. The minimum atomic E-state index is -0.299. The van der Waals surface area contributed by atoms with Crippen LogP contribution in [0.3, 0.4) is 0 Å². The van der Waals surface area contributed by atoms with E-state index < -0.39 is 0 Å². The molecule has 0 saturated heterocycles. The Labute approximate surface area is 121 Å². The second-order valence-corrected chi connectivity index (χ2v) is 6.21. The average Bonchev–Trinajstić information content (AvgIpc) is 2.80. The van der Waals surface area contributed by atoms with Crippen molar-refractivity contribution in [2.24, 2.45) is 5.92 Å². The monoisotopic (exact) mass is 295 g/mol. The second-order valence-electron chi connectivity index (χ2n) is 5.13. The first-order valence-electron chi connectivity index (χ1n) is 6.62. The molecule has 2 rings (SSSR count). The van der Waals surface area contributed by atoms with E-state index in [0.29, 0.717) is 11.3 Å². The van der Waals surface area contributed by atoms with Crippen LogP contribution in [-0.4, -0.2) is 23.7 Å². The summed E-state index contributed by atoms with van der Waals surface area (Å²) in [5.74, 6) is -0.219. The van der Waals surface area contributed by atoms with Gasteiger partial charge in [0.15, 0.2) is 0 Å². The van der Waals surface area contributed by atoms with Crippen LogP contribution in [0.5, 0.6) is 0 Å². The Balaban J connectivity index is 2.18. The van der Waals surface area contributed by atoms with E-state index in [4.69, 9.17) is 5.11 Å². The van der Waals surface area contributed by atoms with E-state index in [1.807, 2.05) is 13.8 Å². The SMILES string of the molecule is CC(C)C(CCO)NC(=O)c1cc2ccc(F)cc2s1. The molecule has 1 aromatic heterocycles. The largest absolute Gasteiger partial charge is 0.396 e. The van der Waals surface area contributed by atoms with Crippen LogP contribution < -0.4 is 5.32 Å². The first kappa shape index (κ1) is 14.9. The average molecular weight is 295 g/mol. The number of thiophene rings is 1. The molecule has 5 heteroatoms. The van der Waals surface area contributed by atoms with Crippen molar-refractivity contribution >= 4 is 27.3 Å². The summed E-state index contributed by atoms with van der Waals surface area (Å²) in [6.07, 6.45) is 0.531. The molecule has 1 atom stereocenters. The van der Waals surface area contributed by atoms with Crippen molar-refractivity contribution in [3.63, 3.8) is 0 Å². The van der Waals surface area contributed by atoms with Gasteiger partial charge in [-0.05, 0) is 35.9 Å². The van der Waals surface area contributed by atoms with Gasteiger partial charge in [-0.2, -0.15) is 0 Å². The molecule has 0 radical (unpaired) electrons. The highest BCUT2D eigenvalue weighted by Crippen LogP contribution is 2.26. The zero-order valence-electron chi connectivity index (χ0n) is 11.5. The molecule has 20 heavy (non-hydrogen) atoms. The van der Waals surface area contributed by atoms with Crippen LogP contribution in [-0.2, 0) is 0 Å². The molecule has 0 bridgehead atoms. The number of carbonyl (C=O) groups is 1. The Morgan fingerprint density at radius 1 is 1.40 bits per heavy atom. The number of benzene rings is 1. The molecule has 0 aliphatic carbocycles. The third-order valence-electron chi connectivity index (χ3n) is 3.27. The summed E-state index contributed by atoms with van der Waals surface area (Å²) in [4.78, 5) is 12.8. The molecule has 0 spiro atoms. The highest BCUT2D eigenvalue weighted by Gasteiger charge is 2.18. The minimum absolute atomic E-state index is 0.0424. The van der Waals surface area contributed by atoms with E-state index in [1.165, 1.54) is 23.5 Å². The molecule has 0 aliphatic rings. The summed E-state index contributed by atoms with van der Waals surface area (Å²) >= 11 is 1.28. The number of rotatable bonds is 5. The highest BCUT2D eigenvalue weighted by molar-refractivity contribution is 7.20. The van der Waals surface area contributed by atoms with Crippen LogP contribution in [0.4, 0.5) is 4.39 Å². The number of hydrogen-bond donors (Lipinski definition) is 2. The standard InChI is InChI=1S/C15H18FNO2S/c1-9(2)12(5-6-18)17-15(19)14-7-10-3-4-11(16)8-13(10)20-14/h3-4,7-9,12,18H,5-6H2,1-2H3,(H,17,19). The molecule has 0 saturated carbocycles. The zero-order valence-corrected chi connectivity index (χ0v) is 12.3. The minimum Gasteiger partial charge on any atom is -0.396 e. The van der Waals surface area contributed by atoms with E-state index in [0.717, 1.165) is 10.1 Å². The molecule has 108 valence electrons. The van der Waals surface area contributed by atoms with Gasteiger partial charge in [0, 0.05) is 17.3 Å². The van der Waals surface area contributed by atoms with Crippen molar-refractivity contribution in [1.29, 1.82) is 0 Å². The topological polar surface area (TPSA) is 49.3 Å². The normalized spacial score (nSPS) is 12.8. The van der Waals surface area contributed by atoms with Crippen LogP contribution >= 0.6 is 11.3 Å². The molecular weight excluding hydrogens is 277 g/mol. The van der Waals surface area contributed by atoms with E-state index in [1.54, 1.807) is 12.1 Å². The van der Waals surface area contributed by atoms with Gasteiger partial charge in [-0.3, -0.25) is 4.79 Å². The number of aliphatic hydroxyl groups is 1. The van der Waals surface area contributed by atoms with E-state index in [9.17, 15) is 9.18 Å². The van der Waals surface area contributed by atoms with Gasteiger partial charge < -0.3 is 10.4 Å². The van der Waals surface area contributed by atoms with Crippen LogP contribution in [0.15, 0.2) is 24.3 Å². The molecule has 1 amide bonds. The van der Waals surface area contributed by atoms with Gasteiger partial charge in [-0.25, -0.2) is 4.39 Å². The number of fused-ring (bicyclic) bond motifs is 1. The molecule has 0 fully saturated rings. The van der Waals surface area contributed by atoms with Crippen molar-refractivity contribution < 1.29 is 14.3 Å². The third kappa shape index (κ3) is 3.35. The maximum absolute atomic E-state index is 13.1. The van der Waals surface area contributed by atoms with Crippen molar-refractivity contribution in [2.45, 2.75) is 26.3 Å². The highest BCUT2D eigenvalue weighted by atomic mass is 32.1. The fourth-order valence-corrected chi connectivity index (χ4v) is 3.06. The van der Waals surface area contributed by atoms with E-state index in [-0.39, 0.29) is 30.3 Å². The molecule has 3 nitrogen and oxygen atoms in total. The van der Waals surface area contributed by atoms with Crippen molar-refractivity contribution in [1.82, 2.24) is 5.32 Å². The summed E-state index contributed by atoms with van der Waals surface area (Å²) in [6.45, 7) is 4.04. The number of carbonyl (C=O) groups excluding carboxylic acids is 1. The maximum Gasteiger partial charge on any atom is 0.261 e. The van der Waals surface area contributed by atoms with Crippen molar-refractivity contribution in [3.05, 3.63) is 35.0 Å². The number of amides is 1. The Morgan fingerprint density at radius 2 is 2.15 bits per heavy atom. The number of aliphatic hydroxyl groups excluding tert-OH is 1. The Hall–Kier alpha value is -1.46. The van der Waals surface area contributed by atoms with Crippen LogP contribution in [0.2, 0.25) is 0 Å². The lowest BCUT2D eigenvalue weighted by Gasteiger charge is -2.21. The smallest absolute Gasteiger partial charge is 0.261 e. The molecule has 1 aromatic carbocycles. The predicted octanol–water partition coefficient (Wildman–Crippen LogP) is 3.18. The molecule has 2 aromatic rings. The fraction of sp³-hybridized carbons (Fsp3) is 0.400. The van der Waals surface area contributed by atoms with Gasteiger partial charge in [-0.1, -0.05) is 19.9 Å². The summed E-state index contributed by atoms with van der Waals surface area (Å²) in [7, 11) is 0. The van der Waals surface area contributed by atoms with Crippen LogP contribution in [0.25, 0.3) is 10.1 Å². The molecule has 1 heterocycles. The van der Waals surface area contributed by atoms with Crippen molar-refractivity contribution in [2.75, 3.05) is 6.61 Å². The van der Waals surface area contributed by atoms with Gasteiger partial charge in [0.05, 0.1) is 4.88 Å². The lowest BCUT2D eigenvalue weighted by Crippen LogP contribution is -2.38. The van der Waals surface area contributed by atoms with Gasteiger partial charge in [-0.15, -0.1) is 11.3 Å². The van der Waals surface area contributed by atoms with Gasteiger partial charge in [0.1, 0.15) is 5.82 Å². The first-order chi connectivity index (χ1) is 9.51. The lowest BCUT2D eigenvalue weighted by molar-refractivity contribution is 0.0921. The zero-order chi connectivity index (χ0) is 14.7. The first-order valence-corrected chi connectivity index (χ1v) is 7.43. The summed E-state index contributed by atoms with van der Waals surface area (Å²) in [6, 6.07) is 6.20. The summed E-state index contributed by atoms with van der Waals surface area (Å²) in [5.41, 5.74) is 0. The summed E-state index contributed by atoms with van der Waals surface area (Å²) in [5, 5.41) is 12.8. The molecule has 1 unspecified atom stereocenters. The Kier molecular flexibility index (Phi) is 4.73. The third-order valence-corrected chi connectivity index (χ3v) is 4.36. The van der Waals surface area contributed by atoms with Gasteiger partial charge in [0.25, 0.3) is 5.91 Å². The van der Waals surface area contributed by atoms with Crippen LogP contribution in [0, 0.1) is 11.7 Å². The fourth-order valence-electron chi connectivity index (χ4n) is 2.07. The lowest BCUT2D eigenvalue weighted by atomic mass is 10.0. The number of halogens is 1.